The molecular weight excluding hydrogens is 335 g/mol. The number of benzene rings is 1. The number of carbonyl (C=O) groups excluding carboxylic acids is 1. The van der Waals surface area contributed by atoms with E-state index >= 15 is 0 Å². The Hall–Kier alpha value is -1.01. The number of anilines is 1. The summed E-state index contributed by atoms with van der Waals surface area (Å²) >= 11 is 12.1. The lowest BCUT2D eigenvalue weighted by atomic mass is 10.3. The second kappa shape index (κ2) is 8.73. The first kappa shape index (κ1) is 18.3. The molecule has 1 aliphatic rings. The molecule has 0 radical (unpaired) electrons. The van der Waals surface area contributed by atoms with Crippen LogP contribution < -0.4 is 5.32 Å². The first-order chi connectivity index (χ1) is 11.0. The van der Waals surface area contributed by atoms with E-state index in [1.165, 1.54) is 0 Å². The first-order valence-electron chi connectivity index (χ1n) is 7.84. The second-order valence-corrected chi connectivity index (χ2v) is 6.80. The average Bonchev–Trinajstić information content (AvgIpc) is 2.52. The molecule has 0 spiro atoms. The standard InChI is InChI=1S/C16H24Cl2N4O/c1-20(2)7-4-8-21-9-11-22(12-10-21)16(23)19-14-6-3-5-13(17)15(14)18/h3,5-6H,4,7-12H2,1-2H3,(H,19,23). The highest BCUT2D eigenvalue weighted by molar-refractivity contribution is 6.43. The summed E-state index contributed by atoms with van der Waals surface area (Å²) in [6.07, 6.45) is 1.15. The summed E-state index contributed by atoms with van der Waals surface area (Å²) < 4.78 is 0. The van der Waals surface area contributed by atoms with Gasteiger partial charge in [0, 0.05) is 26.2 Å². The Morgan fingerprint density at radius 3 is 2.57 bits per heavy atom. The van der Waals surface area contributed by atoms with Crippen molar-refractivity contribution in [3.63, 3.8) is 0 Å². The number of rotatable bonds is 5. The van der Waals surface area contributed by atoms with Crippen LogP contribution in [0.2, 0.25) is 10.0 Å². The van der Waals surface area contributed by atoms with Crippen molar-refractivity contribution in [3.05, 3.63) is 28.2 Å². The highest BCUT2D eigenvalue weighted by atomic mass is 35.5. The van der Waals surface area contributed by atoms with E-state index in [-0.39, 0.29) is 6.03 Å². The zero-order chi connectivity index (χ0) is 16.8. The van der Waals surface area contributed by atoms with E-state index in [4.69, 9.17) is 23.2 Å². The molecule has 2 amide bonds. The van der Waals surface area contributed by atoms with Crippen LogP contribution in [0.5, 0.6) is 0 Å². The number of nitrogens with zero attached hydrogens (tertiary/aromatic N) is 3. The Morgan fingerprint density at radius 1 is 1.22 bits per heavy atom. The number of halogens is 2. The smallest absolute Gasteiger partial charge is 0.321 e. The maximum Gasteiger partial charge on any atom is 0.321 e. The van der Waals surface area contributed by atoms with Crippen molar-refractivity contribution in [2.24, 2.45) is 0 Å². The maximum atomic E-state index is 12.3. The van der Waals surface area contributed by atoms with Gasteiger partial charge in [-0.25, -0.2) is 4.79 Å². The van der Waals surface area contributed by atoms with E-state index in [0.29, 0.717) is 15.7 Å². The zero-order valence-corrected chi connectivity index (χ0v) is 15.2. The minimum Gasteiger partial charge on any atom is -0.322 e. The van der Waals surface area contributed by atoms with Crippen LogP contribution in [0.25, 0.3) is 0 Å². The van der Waals surface area contributed by atoms with Crippen LogP contribution in [0, 0.1) is 0 Å². The Kier molecular flexibility index (Phi) is 6.96. The van der Waals surface area contributed by atoms with Crippen LogP contribution in [0.15, 0.2) is 18.2 Å². The molecule has 2 rings (SSSR count). The zero-order valence-electron chi connectivity index (χ0n) is 13.7. The fourth-order valence-corrected chi connectivity index (χ4v) is 2.93. The molecule has 0 unspecified atom stereocenters. The van der Waals surface area contributed by atoms with Crippen LogP contribution in [-0.4, -0.2) is 74.1 Å². The van der Waals surface area contributed by atoms with E-state index in [0.717, 1.165) is 45.7 Å². The SMILES string of the molecule is CN(C)CCCN1CCN(C(=O)Nc2cccc(Cl)c2Cl)CC1. The summed E-state index contributed by atoms with van der Waals surface area (Å²) in [5, 5.41) is 3.66. The number of hydrogen-bond donors (Lipinski definition) is 1. The second-order valence-electron chi connectivity index (χ2n) is 6.02. The van der Waals surface area contributed by atoms with Crippen LogP contribution in [-0.2, 0) is 0 Å². The molecule has 1 saturated heterocycles. The summed E-state index contributed by atoms with van der Waals surface area (Å²) in [4.78, 5) is 18.7. The molecule has 1 N–H and O–H groups in total. The van der Waals surface area contributed by atoms with Gasteiger partial charge >= 0.3 is 6.03 Å². The van der Waals surface area contributed by atoms with Crippen molar-refractivity contribution < 1.29 is 4.79 Å². The van der Waals surface area contributed by atoms with Crippen molar-refractivity contribution in [1.29, 1.82) is 0 Å². The third kappa shape index (κ3) is 5.53. The Labute approximate surface area is 148 Å². The lowest BCUT2D eigenvalue weighted by Gasteiger charge is -2.34. The number of nitrogens with one attached hydrogen (secondary N) is 1. The fourth-order valence-electron chi connectivity index (χ4n) is 2.58. The molecule has 0 aliphatic carbocycles. The Balaban J connectivity index is 1.78. The molecule has 0 bridgehead atoms. The average molecular weight is 359 g/mol. The Bertz CT molecular complexity index is 531. The summed E-state index contributed by atoms with van der Waals surface area (Å²) in [5.41, 5.74) is 0.553. The van der Waals surface area contributed by atoms with Gasteiger partial charge in [0.1, 0.15) is 0 Å². The predicted octanol–water partition coefficient (Wildman–Crippen LogP) is 3.09. The molecule has 1 aromatic carbocycles. The van der Waals surface area contributed by atoms with Crippen LogP contribution in [0.3, 0.4) is 0 Å². The highest BCUT2D eigenvalue weighted by Gasteiger charge is 2.21. The molecular formula is C16H24Cl2N4O. The first-order valence-corrected chi connectivity index (χ1v) is 8.60. The summed E-state index contributed by atoms with van der Waals surface area (Å²) in [7, 11) is 4.17. The minimum atomic E-state index is -0.123. The molecule has 128 valence electrons. The third-order valence-electron chi connectivity index (χ3n) is 3.93. The minimum absolute atomic E-state index is 0.123. The van der Waals surface area contributed by atoms with Gasteiger partial charge < -0.3 is 15.1 Å². The van der Waals surface area contributed by atoms with Gasteiger partial charge in [-0.3, -0.25) is 4.90 Å². The van der Waals surface area contributed by atoms with Gasteiger partial charge in [-0.1, -0.05) is 29.3 Å². The third-order valence-corrected chi connectivity index (χ3v) is 4.75. The molecule has 1 heterocycles. The number of amides is 2. The topological polar surface area (TPSA) is 38.8 Å². The van der Waals surface area contributed by atoms with Crippen molar-refractivity contribution in [3.8, 4) is 0 Å². The molecule has 1 aromatic rings. The number of hydrogen-bond acceptors (Lipinski definition) is 3. The number of urea groups is 1. The van der Waals surface area contributed by atoms with Crippen molar-refractivity contribution in [2.75, 3.05) is 58.7 Å². The lowest BCUT2D eigenvalue weighted by molar-refractivity contribution is 0.144. The molecule has 1 aliphatic heterocycles. The molecule has 23 heavy (non-hydrogen) atoms. The van der Waals surface area contributed by atoms with Gasteiger partial charge in [0.15, 0.2) is 0 Å². The van der Waals surface area contributed by atoms with Crippen LogP contribution in [0.4, 0.5) is 10.5 Å². The highest BCUT2D eigenvalue weighted by Crippen LogP contribution is 2.29. The normalized spacial score (nSPS) is 16.0. The van der Waals surface area contributed by atoms with Gasteiger partial charge in [0.25, 0.3) is 0 Å². The van der Waals surface area contributed by atoms with E-state index < -0.39 is 0 Å². The van der Waals surface area contributed by atoms with Gasteiger partial charge in [-0.15, -0.1) is 0 Å². The van der Waals surface area contributed by atoms with Crippen molar-refractivity contribution in [1.82, 2.24) is 14.7 Å². The molecule has 0 saturated carbocycles. The van der Waals surface area contributed by atoms with E-state index in [2.05, 4.69) is 29.2 Å². The van der Waals surface area contributed by atoms with Crippen molar-refractivity contribution >= 4 is 34.9 Å². The van der Waals surface area contributed by atoms with Gasteiger partial charge in [0.2, 0.25) is 0 Å². The predicted molar refractivity (Wildman–Crippen MR) is 96.7 cm³/mol. The van der Waals surface area contributed by atoms with Crippen molar-refractivity contribution in [2.45, 2.75) is 6.42 Å². The summed E-state index contributed by atoms with van der Waals surface area (Å²) in [6, 6.07) is 5.10. The quantitative estimate of drug-likeness (QED) is 0.878. The molecule has 0 atom stereocenters. The van der Waals surface area contributed by atoms with E-state index in [1.807, 2.05) is 4.90 Å². The van der Waals surface area contributed by atoms with Gasteiger partial charge in [0.05, 0.1) is 15.7 Å². The van der Waals surface area contributed by atoms with Crippen LogP contribution in [0.1, 0.15) is 6.42 Å². The summed E-state index contributed by atoms with van der Waals surface area (Å²) in [6.45, 7) is 5.44. The number of piperazine rings is 1. The molecule has 5 nitrogen and oxygen atoms in total. The molecule has 7 heteroatoms. The fraction of sp³-hybridized carbons (Fsp3) is 0.562. The Morgan fingerprint density at radius 2 is 1.91 bits per heavy atom. The summed E-state index contributed by atoms with van der Waals surface area (Å²) in [5.74, 6) is 0. The molecule has 1 fully saturated rings. The van der Waals surface area contributed by atoms with E-state index in [9.17, 15) is 4.79 Å². The van der Waals surface area contributed by atoms with E-state index in [1.54, 1.807) is 18.2 Å². The number of carbonyl (C=O) groups is 1. The largest absolute Gasteiger partial charge is 0.322 e. The van der Waals surface area contributed by atoms with Gasteiger partial charge in [-0.2, -0.15) is 0 Å². The van der Waals surface area contributed by atoms with Crippen LogP contribution >= 0.6 is 23.2 Å². The lowest BCUT2D eigenvalue weighted by Crippen LogP contribution is -2.50. The molecule has 0 aromatic heterocycles. The van der Waals surface area contributed by atoms with Gasteiger partial charge in [-0.05, 0) is 45.7 Å². The monoisotopic (exact) mass is 358 g/mol. The maximum absolute atomic E-state index is 12.3.